The van der Waals surface area contributed by atoms with Crippen LogP contribution >= 0.6 is 0 Å². The number of urea groups is 1. The Morgan fingerprint density at radius 1 is 1.38 bits per heavy atom. The van der Waals surface area contributed by atoms with Crippen molar-refractivity contribution < 1.29 is 28.6 Å². The molecule has 2 rings (SSSR count). The van der Waals surface area contributed by atoms with Gasteiger partial charge in [0.1, 0.15) is 5.82 Å². The summed E-state index contributed by atoms with van der Waals surface area (Å²) >= 11 is 0. The van der Waals surface area contributed by atoms with E-state index in [0.29, 0.717) is 19.8 Å². The number of carboxylic acids is 1. The molecule has 1 heterocycles. The Morgan fingerprint density at radius 2 is 2.19 bits per heavy atom. The van der Waals surface area contributed by atoms with E-state index in [2.05, 4.69) is 10.6 Å². The Hall–Kier alpha value is -2.19. The van der Waals surface area contributed by atoms with Gasteiger partial charge in [0.2, 0.25) is 0 Å². The van der Waals surface area contributed by atoms with Crippen LogP contribution in [0.25, 0.3) is 0 Å². The lowest BCUT2D eigenvalue weighted by molar-refractivity contribution is -0.0852. The van der Waals surface area contributed by atoms with Crippen LogP contribution in [0.4, 0.5) is 14.9 Å². The SMILES string of the molecule is O=C(NCC1COCCO1)Nc1ccc(F)c(C(=O)O)c1. The van der Waals surface area contributed by atoms with Crippen molar-refractivity contribution in [3.8, 4) is 0 Å². The Kier molecular flexibility index (Phi) is 5.07. The molecular weight excluding hydrogens is 283 g/mol. The van der Waals surface area contributed by atoms with Crippen LogP contribution in [0, 0.1) is 5.82 Å². The summed E-state index contributed by atoms with van der Waals surface area (Å²) < 4.78 is 23.7. The topological polar surface area (TPSA) is 96.9 Å². The molecule has 8 heteroatoms. The molecule has 1 aliphatic heterocycles. The Labute approximate surface area is 120 Å². The fourth-order valence-electron chi connectivity index (χ4n) is 1.80. The van der Waals surface area contributed by atoms with Gasteiger partial charge in [-0.2, -0.15) is 0 Å². The first-order valence-electron chi connectivity index (χ1n) is 6.33. The average molecular weight is 298 g/mol. The zero-order chi connectivity index (χ0) is 15.2. The molecule has 1 aromatic carbocycles. The molecule has 7 nitrogen and oxygen atoms in total. The third-order valence-corrected chi connectivity index (χ3v) is 2.83. The van der Waals surface area contributed by atoms with Gasteiger partial charge in [-0.05, 0) is 18.2 Å². The normalized spacial score (nSPS) is 18.0. The van der Waals surface area contributed by atoms with Crippen LogP contribution in [0.3, 0.4) is 0 Å². The van der Waals surface area contributed by atoms with Crippen molar-refractivity contribution in [2.45, 2.75) is 6.10 Å². The van der Waals surface area contributed by atoms with Crippen LogP contribution in [0.5, 0.6) is 0 Å². The van der Waals surface area contributed by atoms with E-state index < -0.39 is 23.4 Å². The molecule has 1 aromatic rings. The van der Waals surface area contributed by atoms with Gasteiger partial charge < -0.3 is 25.2 Å². The van der Waals surface area contributed by atoms with Crippen molar-refractivity contribution in [2.75, 3.05) is 31.7 Å². The molecule has 0 spiro atoms. The largest absolute Gasteiger partial charge is 0.478 e. The second-order valence-corrected chi connectivity index (χ2v) is 4.40. The van der Waals surface area contributed by atoms with Gasteiger partial charge in [0.15, 0.2) is 0 Å². The molecule has 2 amide bonds. The molecule has 1 unspecified atom stereocenters. The number of hydrogen-bond donors (Lipinski definition) is 3. The zero-order valence-electron chi connectivity index (χ0n) is 11.1. The fourth-order valence-corrected chi connectivity index (χ4v) is 1.80. The number of ether oxygens (including phenoxy) is 2. The fraction of sp³-hybridized carbons (Fsp3) is 0.385. The van der Waals surface area contributed by atoms with Crippen molar-refractivity contribution in [1.82, 2.24) is 5.32 Å². The highest BCUT2D eigenvalue weighted by Crippen LogP contribution is 2.14. The number of benzene rings is 1. The minimum Gasteiger partial charge on any atom is -0.478 e. The standard InChI is InChI=1S/C13H15FN2O5/c14-11-2-1-8(5-10(11)12(17)18)16-13(19)15-6-9-7-20-3-4-21-9/h1-2,5,9H,3-4,6-7H2,(H,17,18)(H2,15,16,19). The van der Waals surface area contributed by atoms with E-state index in [-0.39, 0.29) is 18.3 Å². The Bertz CT molecular complexity index is 531. The van der Waals surface area contributed by atoms with Crippen LogP contribution in [0.2, 0.25) is 0 Å². The van der Waals surface area contributed by atoms with Crippen LogP contribution in [0.15, 0.2) is 18.2 Å². The molecule has 0 aromatic heterocycles. The number of carbonyl (C=O) groups excluding carboxylic acids is 1. The van der Waals surface area contributed by atoms with Crippen molar-refractivity contribution in [2.24, 2.45) is 0 Å². The zero-order valence-corrected chi connectivity index (χ0v) is 11.1. The predicted molar refractivity (Wildman–Crippen MR) is 70.9 cm³/mol. The first kappa shape index (κ1) is 15.2. The number of anilines is 1. The molecule has 1 atom stereocenters. The summed E-state index contributed by atoms with van der Waals surface area (Å²) in [5.74, 6) is -2.26. The molecule has 3 N–H and O–H groups in total. The average Bonchev–Trinajstić information content (AvgIpc) is 2.48. The third kappa shape index (κ3) is 4.40. The van der Waals surface area contributed by atoms with E-state index in [1.807, 2.05) is 0 Å². The van der Waals surface area contributed by atoms with Gasteiger partial charge in [-0.1, -0.05) is 0 Å². The second kappa shape index (κ2) is 7.00. The van der Waals surface area contributed by atoms with E-state index >= 15 is 0 Å². The molecular formula is C13H15FN2O5. The van der Waals surface area contributed by atoms with Gasteiger partial charge in [-0.15, -0.1) is 0 Å². The summed E-state index contributed by atoms with van der Waals surface area (Å²) in [7, 11) is 0. The van der Waals surface area contributed by atoms with Crippen LogP contribution < -0.4 is 10.6 Å². The summed E-state index contributed by atoms with van der Waals surface area (Å²) in [6.07, 6.45) is -0.215. The van der Waals surface area contributed by atoms with Crippen LogP contribution in [0.1, 0.15) is 10.4 Å². The highest BCUT2D eigenvalue weighted by atomic mass is 19.1. The van der Waals surface area contributed by atoms with Crippen molar-refractivity contribution >= 4 is 17.7 Å². The van der Waals surface area contributed by atoms with Crippen molar-refractivity contribution in [3.05, 3.63) is 29.6 Å². The summed E-state index contributed by atoms with van der Waals surface area (Å²) in [6, 6.07) is 2.78. The summed E-state index contributed by atoms with van der Waals surface area (Å²) in [5, 5.41) is 13.8. The molecule has 0 bridgehead atoms. The van der Waals surface area contributed by atoms with E-state index in [9.17, 15) is 14.0 Å². The third-order valence-electron chi connectivity index (χ3n) is 2.83. The predicted octanol–water partition coefficient (Wildman–Crippen LogP) is 1.06. The molecule has 1 saturated heterocycles. The number of carboxylic acid groups (broad SMARTS) is 1. The number of amides is 2. The Balaban J connectivity index is 1.87. The molecule has 21 heavy (non-hydrogen) atoms. The number of rotatable bonds is 4. The van der Waals surface area contributed by atoms with E-state index in [1.54, 1.807) is 0 Å². The van der Waals surface area contributed by atoms with E-state index in [1.165, 1.54) is 6.07 Å². The number of carbonyl (C=O) groups is 2. The smallest absolute Gasteiger partial charge is 0.338 e. The summed E-state index contributed by atoms with van der Waals surface area (Å²) in [4.78, 5) is 22.5. The number of halogens is 1. The number of aromatic carboxylic acids is 1. The molecule has 0 aliphatic carbocycles. The second-order valence-electron chi connectivity index (χ2n) is 4.40. The maximum absolute atomic E-state index is 13.2. The first-order chi connectivity index (χ1) is 10.1. The molecule has 1 fully saturated rings. The molecule has 0 radical (unpaired) electrons. The summed E-state index contributed by atoms with van der Waals surface area (Å²) in [6.45, 7) is 1.68. The van der Waals surface area contributed by atoms with Gasteiger partial charge in [-0.25, -0.2) is 14.0 Å². The molecule has 1 aliphatic rings. The van der Waals surface area contributed by atoms with Gasteiger partial charge in [0, 0.05) is 12.2 Å². The van der Waals surface area contributed by atoms with E-state index in [4.69, 9.17) is 14.6 Å². The lowest BCUT2D eigenvalue weighted by Gasteiger charge is -2.23. The highest BCUT2D eigenvalue weighted by molar-refractivity contribution is 5.93. The quantitative estimate of drug-likeness (QED) is 0.772. The van der Waals surface area contributed by atoms with Crippen molar-refractivity contribution in [3.63, 3.8) is 0 Å². The lowest BCUT2D eigenvalue weighted by atomic mass is 10.2. The molecule has 114 valence electrons. The number of nitrogens with one attached hydrogen (secondary N) is 2. The maximum atomic E-state index is 13.2. The Morgan fingerprint density at radius 3 is 2.86 bits per heavy atom. The van der Waals surface area contributed by atoms with Crippen LogP contribution in [-0.4, -0.2) is 49.6 Å². The van der Waals surface area contributed by atoms with Gasteiger partial charge in [0.05, 0.1) is 31.5 Å². The highest BCUT2D eigenvalue weighted by Gasteiger charge is 2.16. The van der Waals surface area contributed by atoms with E-state index in [0.717, 1.165) is 12.1 Å². The van der Waals surface area contributed by atoms with Gasteiger partial charge in [0.25, 0.3) is 0 Å². The minimum absolute atomic E-state index is 0.187. The lowest BCUT2D eigenvalue weighted by Crippen LogP contribution is -2.41. The van der Waals surface area contributed by atoms with Crippen molar-refractivity contribution in [1.29, 1.82) is 0 Å². The monoisotopic (exact) mass is 298 g/mol. The maximum Gasteiger partial charge on any atom is 0.338 e. The van der Waals surface area contributed by atoms with Gasteiger partial charge >= 0.3 is 12.0 Å². The first-order valence-corrected chi connectivity index (χ1v) is 6.33. The summed E-state index contributed by atoms with van der Waals surface area (Å²) in [5.41, 5.74) is -0.316. The minimum atomic E-state index is -1.40. The number of hydrogen-bond acceptors (Lipinski definition) is 4. The van der Waals surface area contributed by atoms with Crippen LogP contribution in [-0.2, 0) is 9.47 Å². The molecule has 0 saturated carbocycles. The van der Waals surface area contributed by atoms with Gasteiger partial charge in [-0.3, -0.25) is 0 Å².